The van der Waals surface area contributed by atoms with E-state index in [4.69, 9.17) is 23.7 Å². The number of methoxy groups -OCH3 is 2. The molecule has 0 bridgehead atoms. The van der Waals surface area contributed by atoms with E-state index in [0.29, 0.717) is 85.0 Å². The van der Waals surface area contributed by atoms with Gasteiger partial charge >= 0.3 is 6.18 Å². The second-order valence-corrected chi connectivity index (χ2v) is 12.6. The minimum Gasteiger partial charge on any atom is -0.493 e. The molecule has 2 saturated heterocycles. The van der Waals surface area contributed by atoms with Crippen molar-refractivity contribution in [3.8, 4) is 23.3 Å². The number of nitriles is 1. The summed E-state index contributed by atoms with van der Waals surface area (Å²) in [6, 6.07) is 10.5. The Bertz CT molecular complexity index is 1560. The number of benzene rings is 2. The maximum atomic E-state index is 14.8. The summed E-state index contributed by atoms with van der Waals surface area (Å²) < 4.78 is 74.8. The molecule has 3 heterocycles. The first-order valence-corrected chi connectivity index (χ1v) is 15.8. The fourth-order valence-electron chi connectivity index (χ4n) is 6.48. The van der Waals surface area contributed by atoms with Crippen LogP contribution in [0.2, 0.25) is 0 Å². The molecular formula is C34H40F3N3O6. The number of halogens is 3. The minimum atomic E-state index is -4.93. The van der Waals surface area contributed by atoms with Crippen molar-refractivity contribution in [3.05, 3.63) is 53.2 Å². The predicted octanol–water partition coefficient (Wildman–Crippen LogP) is 5.88. The summed E-state index contributed by atoms with van der Waals surface area (Å²) >= 11 is 0. The van der Waals surface area contributed by atoms with Gasteiger partial charge in [0.1, 0.15) is 6.10 Å². The number of ether oxygens (including phenoxy) is 5. The number of aromatic nitrogens is 1. The second kappa shape index (κ2) is 13.0. The third kappa shape index (κ3) is 6.65. The van der Waals surface area contributed by atoms with E-state index in [0.717, 1.165) is 18.4 Å². The molecular weight excluding hydrogens is 603 g/mol. The van der Waals surface area contributed by atoms with E-state index >= 15 is 0 Å². The largest absolute Gasteiger partial charge is 0.493 e. The van der Waals surface area contributed by atoms with Crippen LogP contribution in [-0.4, -0.2) is 73.3 Å². The van der Waals surface area contributed by atoms with Crippen molar-refractivity contribution in [1.29, 1.82) is 5.26 Å². The molecule has 1 saturated carbocycles. The number of alkyl halides is 3. The molecule has 3 aromatic rings. The van der Waals surface area contributed by atoms with Crippen molar-refractivity contribution in [3.63, 3.8) is 0 Å². The van der Waals surface area contributed by atoms with Gasteiger partial charge in [-0.2, -0.15) is 18.4 Å². The highest BCUT2D eigenvalue weighted by Crippen LogP contribution is 2.45. The van der Waals surface area contributed by atoms with E-state index < -0.39 is 18.3 Å². The fraction of sp³-hybridized carbons (Fsp3) is 0.559. The molecule has 12 heteroatoms. The van der Waals surface area contributed by atoms with E-state index in [2.05, 4.69) is 6.07 Å². The summed E-state index contributed by atoms with van der Waals surface area (Å²) in [5.41, 5.74) is -1.42. The SMILES string of the molecule is COc1cc(CCC2OC(C)O2)cc(OC)c1OC1CCN(CC(O)(c2cn(CC3CC3)c3cc(C#N)ccc23)C(F)(F)F)CC1. The van der Waals surface area contributed by atoms with Crippen LogP contribution in [0.25, 0.3) is 10.9 Å². The lowest BCUT2D eigenvalue weighted by atomic mass is 9.90. The van der Waals surface area contributed by atoms with E-state index in [-0.39, 0.29) is 24.2 Å². The third-order valence-corrected chi connectivity index (χ3v) is 9.23. The Kier molecular flexibility index (Phi) is 9.13. The van der Waals surface area contributed by atoms with Crippen molar-refractivity contribution >= 4 is 10.9 Å². The molecule has 1 aromatic heterocycles. The van der Waals surface area contributed by atoms with Crippen LogP contribution in [0.1, 0.15) is 55.7 Å². The molecule has 2 aromatic carbocycles. The van der Waals surface area contributed by atoms with Crippen molar-refractivity contribution in [2.75, 3.05) is 33.9 Å². The Morgan fingerprint density at radius 3 is 2.26 bits per heavy atom. The van der Waals surface area contributed by atoms with E-state index in [1.807, 2.05) is 19.1 Å². The van der Waals surface area contributed by atoms with Gasteiger partial charge in [-0.15, -0.1) is 0 Å². The number of nitrogens with zero attached hydrogens (tertiary/aromatic N) is 3. The maximum absolute atomic E-state index is 14.8. The van der Waals surface area contributed by atoms with E-state index in [1.165, 1.54) is 18.3 Å². The molecule has 248 valence electrons. The molecule has 1 N–H and O–H groups in total. The van der Waals surface area contributed by atoms with Crippen LogP contribution >= 0.6 is 0 Å². The zero-order chi connectivity index (χ0) is 32.6. The lowest BCUT2D eigenvalue weighted by Gasteiger charge is -2.39. The standard InChI is InChI=1S/C34H40F3N3O6/c1-21-44-31(45-21)9-7-23-15-29(42-2)32(30(16-23)43-3)46-25-10-12-39(13-11-25)20-33(41,34(35,36)37)27-19-40(18-22-4-5-22)28-14-24(17-38)6-8-26(27)28/h6,8,14-16,19,21-22,25,31,41H,4-5,7,9-13,18,20H2,1-3H3. The highest BCUT2D eigenvalue weighted by atomic mass is 19.4. The van der Waals surface area contributed by atoms with Crippen LogP contribution in [0.5, 0.6) is 17.2 Å². The molecule has 1 atom stereocenters. The van der Waals surface area contributed by atoms with Gasteiger partial charge in [0.15, 0.2) is 24.1 Å². The molecule has 46 heavy (non-hydrogen) atoms. The lowest BCUT2D eigenvalue weighted by molar-refractivity contribution is -0.376. The van der Waals surface area contributed by atoms with Crippen molar-refractivity contribution in [2.45, 2.75) is 82.5 Å². The van der Waals surface area contributed by atoms with Gasteiger partial charge in [-0.3, -0.25) is 4.90 Å². The third-order valence-electron chi connectivity index (χ3n) is 9.23. The summed E-state index contributed by atoms with van der Waals surface area (Å²) in [6.07, 6.45) is 0.0963. The number of hydrogen-bond donors (Lipinski definition) is 1. The number of hydrogen-bond acceptors (Lipinski definition) is 8. The number of aliphatic hydroxyl groups is 1. The first-order valence-electron chi connectivity index (χ1n) is 15.8. The number of aryl methyl sites for hydroxylation is 1. The number of β-amino-alcohol motifs (C(OH)–C–C–N with tert-alkyl or cyclic N) is 1. The van der Waals surface area contributed by atoms with Crippen molar-refractivity contribution < 1.29 is 42.0 Å². The van der Waals surface area contributed by atoms with E-state index in [1.54, 1.807) is 29.8 Å². The van der Waals surface area contributed by atoms with Gasteiger partial charge in [-0.1, -0.05) is 6.07 Å². The molecule has 9 nitrogen and oxygen atoms in total. The summed E-state index contributed by atoms with van der Waals surface area (Å²) in [7, 11) is 3.10. The molecule has 6 rings (SSSR count). The highest BCUT2D eigenvalue weighted by molar-refractivity contribution is 5.86. The quantitative estimate of drug-likeness (QED) is 0.261. The average molecular weight is 644 g/mol. The Morgan fingerprint density at radius 1 is 1.02 bits per heavy atom. The molecule has 2 aliphatic heterocycles. The van der Waals surface area contributed by atoms with Gasteiger partial charge in [-0.05, 0) is 74.8 Å². The fourth-order valence-corrected chi connectivity index (χ4v) is 6.48. The minimum absolute atomic E-state index is 0.182. The van der Waals surface area contributed by atoms with Crippen LogP contribution in [0.3, 0.4) is 0 Å². The smallest absolute Gasteiger partial charge is 0.422 e. The zero-order valence-corrected chi connectivity index (χ0v) is 26.3. The molecule has 0 amide bonds. The van der Waals surface area contributed by atoms with Gasteiger partial charge in [0, 0.05) is 55.3 Å². The van der Waals surface area contributed by atoms with Crippen molar-refractivity contribution in [1.82, 2.24) is 9.47 Å². The van der Waals surface area contributed by atoms with Crippen LogP contribution in [0.15, 0.2) is 36.5 Å². The van der Waals surface area contributed by atoms with Gasteiger partial charge in [0.2, 0.25) is 11.4 Å². The molecule has 1 aliphatic carbocycles. The van der Waals surface area contributed by atoms with Crippen molar-refractivity contribution in [2.24, 2.45) is 5.92 Å². The molecule has 1 unspecified atom stereocenters. The Hall–Kier alpha value is -3.50. The Labute approximate surface area is 266 Å². The summed E-state index contributed by atoms with van der Waals surface area (Å²) in [4.78, 5) is 1.64. The Morgan fingerprint density at radius 2 is 1.70 bits per heavy atom. The lowest BCUT2D eigenvalue weighted by Crippen LogP contribution is -2.53. The first kappa shape index (κ1) is 32.4. The topological polar surface area (TPSA) is 98.3 Å². The van der Waals surface area contributed by atoms with Gasteiger partial charge in [0.05, 0.1) is 25.9 Å². The van der Waals surface area contributed by atoms with Crippen LogP contribution < -0.4 is 14.2 Å². The number of likely N-dealkylation sites (tertiary alicyclic amines) is 1. The number of piperidine rings is 1. The summed E-state index contributed by atoms with van der Waals surface area (Å²) in [5.74, 6) is 1.86. The first-order chi connectivity index (χ1) is 22.0. The Balaban J connectivity index is 1.16. The predicted molar refractivity (Wildman–Crippen MR) is 163 cm³/mol. The van der Waals surface area contributed by atoms with Gasteiger partial charge < -0.3 is 33.4 Å². The molecule has 0 radical (unpaired) electrons. The summed E-state index contributed by atoms with van der Waals surface area (Å²) in [5, 5.41) is 21.2. The molecule has 3 fully saturated rings. The highest BCUT2D eigenvalue weighted by Gasteiger charge is 2.57. The monoisotopic (exact) mass is 643 g/mol. The second-order valence-electron chi connectivity index (χ2n) is 12.6. The normalized spacial score (nSPS) is 22.2. The summed E-state index contributed by atoms with van der Waals surface area (Å²) in [6.45, 7) is 2.38. The molecule has 3 aliphatic rings. The molecule has 0 spiro atoms. The van der Waals surface area contributed by atoms with Crippen LogP contribution in [0, 0.1) is 17.2 Å². The van der Waals surface area contributed by atoms with E-state index in [9.17, 15) is 23.5 Å². The maximum Gasteiger partial charge on any atom is 0.422 e. The number of fused-ring (bicyclic) bond motifs is 1. The zero-order valence-electron chi connectivity index (χ0n) is 26.3. The average Bonchev–Trinajstić information content (AvgIpc) is 3.78. The number of rotatable bonds is 12. The van der Waals surface area contributed by atoms with Gasteiger partial charge in [0.25, 0.3) is 0 Å². The van der Waals surface area contributed by atoms with Gasteiger partial charge in [-0.25, -0.2) is 0 Å². The van der Waals surface area contributed by atoms with Crippen LogP contribution in [-0.2, 0) is 28.0 Å². The van der Waals surface area contributed by atoms with Crippen LogP contribution in [0.4, 0.5) is 13.2 Å².